The first kappa shape index (κ1) is 15.3. The normalized spacial score (nSPS) is 13.1. The van der Waals surface area contributed by atoms with Gasteiger partial charge < -0.3 is 9.84 Å². The van der Waals surface area contributed by atoms with Gasteiger partial charge in [-0.05, 0) is 31.5 Å². The van der Waals surface area contributed by atoms with E-state index in [1.54, 1.807) is 6.92 Å². The number of carbonyl (C=O) groups is 1. The van der Waals surface area contributed by atoms with Crippen LogP contribution in [0.2, 0.25) is 0 Å². The number of halogens is 3. The van der Waals surface area contributed by atoms with Gasteiger partial charge in [0, 0.05) is 0 Å². The largest absolute Gasteiger partial charge is 0.490 e. The van der Waals surface area contributed by atoms with Crippen molar-refractivity contribution in [1.82, 2.24) is 0 Å². The Kier molecular flexibility index (Phi) is 4.80. The standard InChI is InChI=1S/C13H15F3O3/c1-3-4-8(2)19-11-6-5-9(12(17)18)7-10(11)13(14,15)16/h5-8H,3-4H2,1-2H3,(H,17,18). The van der Waals surface area contributed by atoms with Gasteiger partial charge in [0.25, 0.3) is 0 Å². The van der Waals surface area contributed by atoms with Gasteiger partial charge in [0.2, 0.25) is 0 Å². The first-order chi connectivity index (χ1) is 8.75. The van der Waals surface area contributed by atoms with Crippen LogP contribution in [-0.4, -0.2) is 17.2 Å². The van der Waals surface area contributed by atoms with E-state index in [0.29, 0.717) is 12.5 Å². The topological polar surface area (TPSA) is 46.5 Å². The maximum absolute atomic E-state index is 12.9. The lowest BCUT2D eigenvalue weighted by Gasteiger charge is -2.18. The van der Waals surface area contributed by atoms with Crippen LogP contribution in [0, 0.1) is 0 Å². The second-order valence-electron chi connectivity index (χ2n) is 4.23. The summed E-state index contributed by atoms with van der Waals surface area (Å²) in [4.78, 5) is 10.7. The fraction of sp³-hybridized carbons (Fsp3) is 0.462. The second kappa shape index (κ2) is 5.95. The van der Waals surface area contributed by atoms with Gasteiger partial charge in [-0.3, -0.25) is 0 Å². The third-order valence-corrected chi connectivity index (χ3v) is 2.56. The lowest BCUT2D eigenvalue weighted by Crippen LogP contribution is -2.16. The third kappa shape index (κ3) is 4.15. The average Bonchev–Trinajstić information content (AvgIpc) is 2.27. The first-order valence-corrected chi connectivity index (χ1v) is 5.87. The Morgan fingerprint density at radius 3 is 2.53 bits per heavy atom. The Bertz CT molecular complexity index is 455. The molecule has 0 spiro atoms. The summed E-state index contributed by atoms with van der Waals surface area (Å²) < 4.78 is 43.8. The predicted octanol–water partition coefficient (Wildman–Crippen LogP) is 3.97. The molecule has 0 aromatic heterocycles. The summed E-state index contributed by atoms with van der Waals surface area (Å²) in [6.07, 6.45) is -3.60. The van der Waals surface area contributed by atoms with E-state index < -0.39 is 23.3 Å². The molecule has 1 rings (SSSR count). The quantitative estimate of drug-likeness (QED) is 0.885. The van der Waals surface area contributed by atoms with Gasteiger partial charge in [-0.25, -0.2) is 4.79 Å². The average molecular weight is 276 g/mol. The number of carboxylic acids is 1. The molecule has 0 saturated carbocycles. The zero-order valence-electron chi connectivity index (χ0n) is 10.6. The molecule has 0 aliphatic carbocycles. The minimum absolute atomic E-state index is 0.335. The molecule has 106 valence electrons. The molecule has 0 heterocycles. The van der Waals surface area contributed by atoms with E-state index in [0.717, 1.165) is 18.6 Å². The second-order valence-corrected chi connectivity index (χ2v) is 4.23. The molecular formula is C13H15F3O3. The number of ether oxygens (including phenoxy) is 1. The van der Waals surface area contributed by atoms with Gasteiger partial charge in [-0.15, -0.1) is 0 Å². The fourth-order valence-corrected chi connectivity index (χ4v) is 1.67. The van der Waals surface area contributed by atoms with Crippen LogP contribution < -0.4 is 4.74 Å². The van der Waals surface area contributed by atoms with E-state index in [1.807, 2.05) is 6.92 Å². The molecule has 1 unspecified atom stereocenters. The lowest BCUT2D eigenvalue weighted by molar-refractivity contribution is -0.139. The van der Waals surface area contributed by atoms with E-state index in [4.69, 9.17) is 9.84 Å². The Labute approximate surface area is 109 Å². The third-order valence-electron chi connectivity index (χ3n) is 2.56. The zero-order chi connectivity index (χ0) is 14.6. The van der Waals surface area contributed by atoms with Crippen molar-refractivity contribution in [3.05, 3.63) is 29.3 Å². The van der Waals surface area contributed by atoms with Gasteiger partial charge in [-0.1, -0.05) is 13.3 Å². The molecule has 1 aromatic rings. The molecule has 0 saturated heterocycles. The van der Waals surface area contributed by atoms with Crippen molar-refractivity contribution in [2.75, 3.05) is 0 Å². The highest BCUT2D eigenvalue weighted by Gasteiger charge is 2.35. The number of aromatic carboxylic acids is 1. The van der Waals surface area contributed by atoms with Crippen LogP contribution in [0.25, 0.3) is 0 Å². The molecule has 0 amide bonds. The Hall–Kier alpha value is -1.72. The van der Waals surface area contributed by atoms with Crippen molar-refractivity contribution >= 4 is 5.97 Å². The number of carboxylic acid groups (broad SMARTS) is 1. The Morgan fingerprint density at radius 1 is 1.42 bits per heavy atom. The zero-order valence-corrected chi connectivity index (χ0v) is 10.6. The van der Waals surface area contributed by atoms with E-state index in [1.165, 1.54) is 0 Å². The summed E-state index contributed by atoms with van der Waals surface area (Å²) in [5, 5.41) is 8.72. The van der Waals surface area contributed by atoms with E-state index in [-0.39, 0.29) is 11.9 Å². The summed E-state index contributed by atoms with van der Waals surface area (Å²) >= 11 is 0. The molecule has 0 aliphatic rings. The summed E-state index contributed by atoms with van der Waals surface area (Å²) in [6, 6.07) is 2.75. The van der Waals surface area contributed by atoms with E-state index in [9.17, 15) is 18.0 Å². The number of alkyl halides is 3. The number of hydrogen-bond acceptors (Lipinski definition) is 2. The molecule has 0 radical (unpaired) electrons. The minimum atomic E-state index is -4.65. The summed E-state index contributed by atoms with van der Waals surface area (Å²) in [5.41, 5.74) is -1.47. The van der Waals surface area contributed by atoms with Crippen LogP contribution in [-0.2, 0) is 6.18 Å². The van der Waals surface area contributed by atoms with Crippen molar-refractivity contribution in [1.29, 1.82) is 0 Å². The first-order valence-electron chi connectivity index (χ1n) is 5.87. The smallest absolute Gasteiger partial charge is 0.419 e. The SMILES string of the molecule is CCCC(C)Oc1ccc(C(=O)O)cc1C(F)(F)F. The van der Waals surface area contributed by atoms with Crippen molar-refractivity contribution in [2.24, 2.45) is 0 Å². The molecule has 0 bridgehead atoms. The maximum Gasteiger partial charge on any atom is 0.419 e. The van der Waals surface area contributed by atoms with Gasteiger partial charge in [0.1, 0.15) is 5.75 Å². The van der Waals surface area contributed by atoms with Crippen LogP contribution in [0.1, 0.15) is 42.6 Å². The molecule has 6 heteroatoms. The highest BCUT2D eigenvalue weighted by atomic mass is 19.4. The maximum atomic E-state index is 12.9. The van der Waals surface area contributed by atoms with Crippen molar-refractivity contribution < 1.29 is 27.8 Å². The van der Waals surface area contributed by atoms with E-state index in [2.05, 4.69) is 0 Å². The monoisotopic (exact) mass is 276 g/mol. The minimum Gasteiger partial charge on any atom is -0.490 e. The summed E-state index contributed by atoms with van der Waals surface area (Å²) in [5.74, 6) is -1.74. The molecule has 0 aliphatic heterocycles. The van der Waals surface area contributed by atoms with Gasteiger partial charge in [0.15, 0.2) is 0 Å². The van der Waals surface area contributed by atoms with Gasteiger partial charge in [0.05, 0.1) is 17.2 Å². The van der Waals surface area contributed by atoms with Crippen molar-refractivity contribution in [3.8, 4) is 5.75 Å². The molecule has 1 atom stereocenters. The van der Waals surface area contributed by atoms with Crippen molar-refractivity contribution in [3.63, 3.8) is 0 Å². The van der Waals surface area contributed by atoms with Crippen molar-refractivity contribution in [2.45, 2.75) is 39.0 Å². The number of rotatable bonds is 5. The lowest BCUT2D eigenvalue weighted by atomic mass is 10.1. The molecule has 1 N–H and O–H groups in total. The fourth-order valence-electron chi connectivity index (χ4n) is 1.67. The van der Waals surface area contributed by atoms with Crippen LogP contribution >= 0.6 is 0 Å². The highest BCUT2D eigenvalue weighted by molar-refractivity contribution is 5.88. The van der Waals surface area contributed by atoms with Crippen LogP contribution in [0.4, 0.5) is 13.2 Å². The molecule has 0 fully saturated rings. The predicted molar refractivity (Wildman–Crippen MR) is 63.4 cm³/mol. The van der Waals surface area contributed by atoms with Crippen LogP contribution in [0.5, 0.6) is 5.75 Å². The van der Waals surface area contributed by atoms with E-state index >= 15 is 0 Å². The van der Waals surface area contributed by atoms with Gasteiger partial charge in [-0.2, -0.15) is 13.2 Å². The highest BCUT2D eigenvalue weighted by Crippen LogP contribution is 2.37. The van der Waals surface area contributed by atoms with Crippen LogP contribution in [0.15, 0.2) is 18.2 Å². The Morgan fingerprint density at radius 2 is 2.05 bits per heavy atom. The molecule has 19 heavy (non-hydrogen) atoms. The van der Waals surface area contributed by atoms with Gasteiger partial charge >= 0.3 is 12.1 Å². The number of hydrogen-bond donors (Lipinski definition) is 1. The summed E-state index contributed by atoms with van der Waals surface area (Å²) in [6.45, 7) is 3.58. The summed E-state index contributed by atoms with van der Waals surface area (Å²) in [7, 11) is 0. The Balaban J connectivity index is 3.13. The van der Waals surface area contributed by atoms with Crippen LogP contribution in [0.3, 0.4) is 0 Å². The molecule has 3 nitrogen and oxygen atoms in total. The molecular weight excluding hydrogens is 261 g/mol. The number of benzene rings is 1. The molecule has 1 aromatic carbocycles.